The number of carbonyl (C=O) groups excluding carboxylic acids is 2. The lowest BCUT2D eigenvalue weighted by Crippen LogP contribution is -2.38. The van der Waals surface area contributed by atoms with Gasteiger partial charge in [0.05, 0.1) is 11.5 Å². The molecular formula is C7H11NO4S. The van der Waals surface area contributed by atoms with Crippen LogP contribution in [-0.4, -0.2) is 50.1 Å². The molecule has 1 atom stereocenters. The largest absolute Gasteiger partial charge is 0.335 e. The van der Waals surface area contributed by atoms with Gasteiger partial charge in [-0.1, -0.05) is 0 Å². The number of nitrogens with zero attached hydrogens (tertiary/aromatic N) is 1. The number of rotatable bonds is 2. The van der Waals surface area contributed by atoms with E-state index in [-0.39, 0.29) is 23.8 Å². The molecule has 0 N–H and O–H groups in total. The van der Waals surface area contributed by atoms with Crippen molar-refractivity contribution in [2.45, 2.75) is 12.5 Å². The maximum Gasteiger partial charge on any atom is 0.286 e. The van der Waals surface area contributed by atoms with Crippen molar-refractivity contribution in [3.63, 3.8) is 0 Å². The van der Waals surface area contributed by atoms with Gasteiger partial charge in [0, 0.05) is 13.1 Å². The van der Waals surface area contributed by atoms with Crippen molar-refractivity contribution >= 4 is 22.0 Å². The molecule has 0 aliphatic carbocycles. The van der Waals surface area contributed by atoms with Crippen LogP contribution in [0.2, 0.25) is 0 Å². The zero-order valence-electron chi connectivity index (χ0n) is 7.26. The molecule has 74 valence electrons. The van der Waals surface area contributed by atoms with Crippen LogP contribution >= 0.6 is 0 Å². The van der Waals surface area contributed by atoms with Gasteiger partial charge in [-0.05, 0) is 6.42 Å². The SMILES string of the molecule is CN(C(=O)C=O)C1CCS(=O)(=O)C1. The zero-order chi connectivity index (χ0) is 10.1. The first kappa shape index (κ1) is 10.2. The number of carbonyl (C=O) groups is 2. The molecule has 0 aromatic heterocycles. The molecule has 1 heterocycles. The summed E-state index contributed by atoms with van der Waals surface area (Å²) < 4.78 is 22.1. The van der Waals surface area contributed by atoms with Crippen LogP contribution < -0.4 is 0 Å². The van der Waals surface area contributed by atoms with E-state index in [1.807, 2.05) is 0 Å². The molecule has 1 aliphatic heterocycles. The summed E-state index contributed by atoms with van der Waals surface area (Å²) in [7, 11) is -1.55. The molecule has 0 radical (unpaired) electrons. The van der Waals surface area contributed by atoms with E-state index in [0.717, 1.165) is 0 Å². The van der Waals surface area contributed by atoms with Gasteiger partial charge < -0.3 is 4.90 Å². The van der Waals surface area contributed by atoms with Gasteiger partial charge in [-0.15, -0.1) is 0 Å². The van der Waals surface area contributed by atoms with Crippen molar-refractivity contribution in [1.82, 2.24) is 4.90 Å². The maximum atomic E-state index is 11.0. The molecule has 5 nitrogen and oxygen atoms in total. The Hall–Kier alpha value is -0.910. The van der Waals surface area contributed by atoms with Gasteiger partial charge in [-0.2, -0.15) is 0 Å². The molecule has 1 saturated heterocycles. The maximum absolute atomic E-state index is 11.0. The van der Waals surface area contributed by atoms with Crippen molar-refractivity contribution in [2.75, 3.05) is 18.6 Å². The highest BCUT2D eigenvalue weighted by atomic mass is 32.2. The van der Waals surface area contributed by atoms with E-state index in [4.69, 9.17) is 0 Å². The molecule has 0 bridgehead atoms. The van der Waals surface area contributed by atoms with Crippen LogP contribution in [0.5, 0.6) is 0 Å². The number of likely N-dealkylation sites (N-methyl/N-ethyl adjacent to an activating group) is 1. The summed E-state index contributed by atoms with van der Waals surface area (Å²) in [6.45, 7) is 0. The fraction of sp³-hybridized carbons (Fsp3) is 0.714. The van der Waals surface area contributed by atoms with E-state index in [9.17, 15) is 18.0 Å². The van der Waals surface area contributed by atoms with Crippen LogP contribution in [-0.2, 0) is 19.4 Å². The summed E-state index contributed by atoms with van der Waals surface area (Å²) >= 11 is 0. The average molecular weight is 205 g/mol. The zero-order valence-corrected chi connectivity index (χ0v) is 8.08. The van der Waals surface area contributed by atoms with Crippen molar-refractivity contribution < 1.29 is 18.0 Å². The lowest BCUT2D eigenvalue weighted by molar-refractivity contribution is -0.139. The van der Waals surface area contributed by atoms with E-state index in [2.05, 4.69) is 0 Å². The van der Waals surface area contributed by atoms with Crippen molar-refractivity contribution in [2.24, 2.45) is 0 Å². The summed E-state index contributed by atoms with van der Waals surface area (Å²) in [6.07, 6.45) is 0.628. The minimum absolute atomic E-state index is 0.0247. The minimum Gasteiger partial charge on any atom is -0.335 e. The predicted octanol–water partition coefficient (Wildman–Crippen LogP) is -1.17. The minimum atomic E-state index is -2.99. The molecule has 13 heavy (non-hydrogen) atoms. The summed E-state index contributed by atoms with van der Waals surface area (Å²) in [5.74, 6) is -0.584. The highest BCUT2D eigenvalue weighted by Gasteiger charge is 2.32. The highest BCUT2D eigenvalue weighted by Crippen LogP contribution is 2.15. The van der Waals surface area contributed by atoms with Crippen LogP contribution in [0.4, 0.5) is 0 Å². The molecule has 1 amide bonds. The van der Waals surface area contributed by atoms with E-state index in [1.54, 1.807) is 0 Å². The van der Waals surface area contributed by atoms with E-state index < -0.39 is 15.7 Å². The smallest absolute Gasteiger partial charge is 0.286 e. The topological polar surface area (TPSA) is 71.5 Å². The van der Waals surface area contributed by atoms with E-state index >= 15 is 0 Å². The number of amides is 1. The van der Waals surface area contributed by atoms with Crippen LogP contribution in [0, 0.1) is 0 Å². The summed E-state index contributed by atoms with van der Waals surface area (Å²) in [5, 5.41) is 0. The second-order valence-corrected chi connectivity index (χ2v) is 5.35. The van der Waals surface area contributed by atoms with Gasteiger partial charge in [0.2, 0.25) is 6.29 Å². The second kappa shape index (κ2) is 3.45. The van der Waals surface area contributed by atoms with Crippen LogP contribution in [0.25, 0.3) is 0 Å². The second-order valence-electron chi connectivity index (χ2n) is 3.12. The summed E-state index contributed by atoms with van der Waals surface area (Å²) in [6, 6.07) is -0.331. The van der Waals surface area contributed by atoms with Crippen LogP contribution in [0.3, 0.4) is 0 Å². The third-order valence-electron chi connectivity index (χ3n) is 2.20. The standard InChI is InChI=1S/C7H11NO4S/c1-8(7(10)4-9)6-2-3-13(11,12)5-6/h4,6H,2-3,5H2,1H3. The number of aldehydes is 1. The number of sulfone groups is 1. The lowest BCUT2D eigenvalue weighted by atomic mass is 10.2. The van der Waals surface area contributed by atoms with Crippen LogP contribution in [0.1, 0.15) is 6.42 Å². The normalized spacial score (nSPS) is 25.5. The molecular weight excluding hydrogens is 194 g/mol. The van der Waals surface area contributed by atoms with Gasteiger partial charge in [-0.25, -0.2) is 8.42 Å². The third kappa shape index (κ3) is 2.27. The lowest BCUT2D eigenvalue weighted by Gasteiger charge is -2.20. The van der Waals surface area contributed by atoms with Crippen molar-refractivity contribution in [1.29, 1.82) is 0 Å². The van der Waals surface area contributed by atoms with Crippen molar-refractivity contribution in [3.05, 3.63) is 0 Å². The quantitative estimate of drug-likeness (QED) is 0.420. The Morgan fingerprint density at radius 2 is 2.15 bits per heavy atom. The van der Waals surface area contributed by atoms with Gasteiger partial charge in [0.15, 0.2) is 9.84 Å². The average Bonchev–Trinajstić information content (AvgIpc) is 2.43. The van der Waals surface area contributed by atoms with Gasteiger partial charge in [0.1, 0.15) is 0 Å². The summed E-state index contributed by atoms with van der Waals surface area (Å²) in [4.78, 5) is 22.2. The monoisotopic (exact) mass is 205 g/mol. The number of hydrogen-bond donors (Lipinski definition) is 0. The fourth-order valence-corrected chi connectivity index (χ4v) is 3.12. The number of hydrogen-bond acceptors (Lipinski definition) is 4. The molecule has 0 aromatic carbocycles. The Kier molecular flexibility index (Phi) is 2.70. The molecule has 1 aliphatic rings. The highest BCUT2D eigenvalue weighted by molar-refractivity contribution is 7.91. The van der Waals surface area contributed by atoms with Crippen molar-refractivity contribution in [3.8, 4) is 0 Å². The Labute approximate surface area is 76.6 Å². The Morgan fingerprint density at radius 3 is 2.54 bits per heavy atom. The fourth-order valence-electron chi connectivity index (χ4n) is 1.34. The van der Waals surface area contributed by atoms with E-state index in [1.165, 1.54) is 11.9 Å². The van der Waals surface area contributed by atoms with Gasteiger partial charge in [-0.3, -0.25) is 9.59 Å². The first-order valence-corrected chi connectivity index (χ1v) is 5.71. The van der Waals surface area contributed by atoms with Gasteiger partial charge in [0.25, 0.3) is 5.91 Å². The molecule has 0 spiro atoms. The van der Waals surface area contributed by atoms with Gasteiger partial charge >= 0.3 is 0 Å². The Balaban J connectivity index is 2.66. The summed E-state index contributed by atoms with van der Waals surface area (Å²) in [5.41, 5.74) is 0. The molecule has 1 unspecified atom stereocenters. The molecule has 1 rings (SSSR count). The third-order valence-corrected chi connectivity index (χ3v) is 3.95. The Bertz CT molecular complexity index is 321. The first-order valence-electron chi connectivity index (χ1n) is 3.88. The first-order chi connectivity index (χ1) is 5.96. The molecule has 6 heteroatoms. The molecule has 1 fully saturated rings. The predicted molar refractivity (Wildman–Crippen MR) is 45.9 cm³/mol. The van der Waals surface area contributed by atoms with E-state index in [0.29, 0.717) is 6.42 Å². The van der Waals surface area contributed by atoms with Crippen LogP contribution in [0.15, 0.2) is 0 Å². The molecule has 0 aromatic rings. The Morgan fingerprint density at radius 1 is 1.54 bits per heavy atom. The molecule has 0 saturated carbocycles.